The summed E-state index contributed by atoms with van der Waals surface area (Å²) in [6.07, 6.45) is 0. The van der Waals surface area contributed by atoms with E-state index in [1.54, 1.807) is 26.3 Å². The molecule has 0 spiro atoms. The lowest BCUT2D eigenvalue weighted by Crippen LogP contribution is -2.57. The number of nitrogens with zero attached hydrogens (tertiary/aromatic N) is 2. The minimum absolute atomic E-state index is 0.0194. The highest BCUT2D eigenvalue weighted by molar-refractivity contribution is 6.00. The van der Waals surface area contributed by atoms with Crippen molar-refractivity contribution in [3.63, 3.8) is 0 Å². The van der Waals surface area contributed by atoms with Crippen LogP contribution < -0.4 is 14.5 Å². The lowest BCUT2D eigenvalue weighted by Gasteiger charge is -2.47. The fourth-order valence-electron chi connectivity index (χ4n) is 4.14. The van der Waals surface area contributed by atoms with E-state index >= 15 is 0 Å². The summed E-state index contributed by atoms with van der Waals surface area (Å²) >= 11 is 0. The van der Waals surface area contributed by atoms with Crippen molar-refractivity contribution in [2.75, 3.05) is 33.3 Å². The molecule has 148 valence electrons. The zero-order valence-corrected chi connectivity index (χ0v) is 17.0. The molecule has 0 N–H and O–H groups in total. The lowest BCUT2D eigenvalue weighted by atomic mass is 9.67. The van der Waals surface area contributed by atoms with E-state index in [0.29, 0.717) is 0 Å². The van der Waals surface area contributed by atoms with Crippen LogP contribution in [0.1, 0.15) is 16.7 Å². The number of methoxy groups -OCH3 is 2. The van der Waals surface area contributed by atoms with Crippen LogP contribution in [0.4, 0.5) is 5.69 Å². The summed E-state index contributed by atoms with van der Waals surface area (Å²) in [6, 6.07) is 23.5. The van der Waals surface area contributed by atoms with Crippen molar-refractivity contribution in [1.82, 2.24) is 5.01 Å². The number of ether oxygens (including phenoxy) is 2. The number of fused-ring (bicyclic) bond motifs is 1. The maximum atomic E-state index is 14.0. The Morgan fingerprint density at radius 1 is 0.690 bits per heavy atom. The molecule has 1 aliphatic heterocycles. The summed E-state index contributed by atoms with van der Waals surface area (Å²) in [4.78, 5) is 14.0. The SMILES string of the molecule is COc1ccc(C2(c3ccc(OC)cc3)C(=O)N(C)N(C)c3ccccc32)cc1. The third kappa shape index (κ3) is 2.73. The Balaban J connectivity index is 2.07. The third-order valence-corrected chi connectivity index (χ3v) is 5.77. The maximum absolute atomic E-state index is 14.0. The van der Waals surface area contributed by atoms with Gasteiger partial charge in [-0.1, -0.05) is 42.5 Å². The van der Waals surface area contributed by atoms with Gasteiger partial charge in [-0.25, -0.2) is 0 Å². The Labute approximate surface area is 171 Å². The number of hydrogen-bond donors (Lipinski definition) is 0. The number of hydrogen-bond acceptors (Lipinski definition) is 4. The quantitative estimate of drug-likeness (QED) is 0.681. The number of carbonyl (C=O) groups is 1. The van der Waals surface area contributed by atoms with Crippen molar-refractivity contribution in [3.8, 4) is 11.5 Å². The van der Waals surface area contributed by atoms with Gasteiger partial charge >= 0.3 is 0 Å². The molecule has 0 fully saturated rings. The lowest BCUT2D eigenvalue weighted by molar-refractivity contribution is -0.134. The molecular weight excluding hydrogens is 364 g/mol. The van der Waals surface area contributed by atoms with Gasteiger partial charge in [0, 0.05) is 19.7 Å². The summed E-state index contributed by atoms with van der Waals surface area (Å²) in [6.45, 7) is 0. The normalized spacial score (nSPS) is 15.1. The molecule has 5 heteroatoms. The number of amides is 1. The Bertz CT molecular complexity index is 981. The molecule has 29 heavy (non-hydrogen) atoms. The van der Waals surface area contributed by atoms with Gasteiger partial charge in [0.25, 0.3) is 5.91 Å². The first-order valence-corrected chi connectivity index (χ1v) is 9.44. The second-order valence-corrected chi connectivity index (χ2v) is 7.08. The average molecular weight is 388 g/mol. The van der Waals surface area contributed by atoms with E-state index in [-0.39, 0.29) is 5.91 Å². The van der Waals surface area contributed by atoms with Crippen molar-refractivity contribution >= 4 is 11.6 Å². The van der Waals surface area contributed by atoms with Gasteiger partial charge in [-0.2, -0.15) is 0 Å². The molecule has 5 nitrogen and oxygen atoms in total. The molecule has 0 radical (unpaired) electrons. The molecule has 4 rings (SSSR count). The largest absolute Gasteiger partial charge is 0.497 e. The number of benzene rings is 3. The van der Waals surface area contributed by atoms with Crippen LogP contribution in [0.5, 0.6) is 11.5 Å². The van der Waals surface area contributed by atoms with Gasteiger partial charge in [0.2, 0.25) is 0 Å². The second-order valence-electron chi connectivity index (χ2n) is 7.08. The maximum Gasteiger partial charge on any atom is 0.260 e. The van der Waals surface area contributed by atoms with Crippen molar-refractivity contribution in [3.05, 3.63) is 89.5 Å². The van der Waals surface area contributed by atoms with Crippen LogP contribution >= 0.6 is 0 Å². The van der Waals surface area contributed by atoms with Gasteiger partial charge in [-0.3, -0.25) is 14.8 Å². The van der Waals surface area contributed by atoms with Crippen molar-refractivity contribution in [2.45, 2.75) is 5.41 Å². The zero-order chi connectivity index (χ0) is 20.6. The fraction of sp³-hybridized carbons (Fsp3) is 0.208. The molecule has 0 aliphatic carbocycles. The zero-order valence-electron chi connectivity index (χ0n) is 17.0. The molecule has 3 aromatic carbocycles. The predicted octanol–water partition coefficient (Wildman–Crippen LogP) is 3.86. The molecule has 0 aromatic heterocycles. The molecule has 3 aromatic rings. The van der Waals surface area contributed by atoms with Crippen molar-refractivity contribution < 1.29 is 14.3 Å². The van der Waals surface area contributed by atoms with Crippen LogP contribution in [0.2, 0.25) is 0 Å². The number of rotatable bonds is 4. The van der Waals surface area contributed by atoms with Crippen LogP contribution in [0.3, 0.4) is 0 Å². The minimum Gasteiger partial charge on any atom is -0.497 e. The van der Waals surface area contributed by atoms with E-state index in [9.17, 15) is 4.79 Å². The standard InChI is InChI=1S/C24H24N2O3/c1-25-22-8-6-5-7-21(22)24(23(27)26(25)2,17-9-13-19(28-3)14-10-17)18-11-15-20(29-4)16-12-18/h5-16H,1-4H3. The van der Waals surface area contributed by atoms with Gasteiger partial charge in [-0.05, 0) is 41.5 Å². The number of hydrazine groups is 1. The third-order valence-electron chi connectivity index (χ3n) is 5.77. The Morgan fingerprint density at radius 2 is 1.17 bits per heavy atom. The second kappa shape index (κ2) is 7.17. The molecule has 1 aliphatic rings. The van der Waals surface area contributed by atoms with Crippen LogP contribution in [-0.2, 0) is 10.2 Å². The Morgan fingerprint density at radius 3 is 1.66 bits per heavy atom. The van der Waals surface area contributed by atoms with Crippen LogP contribution in [0.15, 0.2) is 72.8 Å². The van der Waals surface area contributed by atoms with E-state index in [1.807, 2.05) is 84.9 Å². The summed E-state index contributed by atoms with van der Waals surface area (Å²) in [5.74, 6) is 1.48. The molecule has 0 atom stereocenters. The highest BCUT2D eigenvalue weighted by Gasteiger charge is 2.51. The van der Waals surface area contributed by atoms with E-state index in [4.69, 9.17) is 9.47 Å². The number of anilines is 1. The van der Waals surface area contributed by atoms with Gasteiger partial charge in [0.15, 0.2) is 0 Å². The van der Waals surface area contributed by atoms with Gasteiger partial charge in [-0.15, -0.1) is 0 Å². The van der Waals surface area contributed by atoms with E-state index in [2.05, 4.69) is 0 Å². The molecule has 0 bridgehead atoms. The van der Waals surface area contributed by atoms with Crippen molar-refractivity contribution in [2.24, 2.45) is 0 Å². The van der Waals surface area contributed by atoms with Crippen LogP contribution in [0.25, 0.3) is 0 Å². The van der Waals surface area contributed by atoms with E-state index in [0.717, 1.165) is 33.9 Å². The summed E-state index contributed by atoms with van der Waals surface area (Å²) in [5, 5.41) is 3.57. The highest BCUT2D eigenvalue weighted by Crippen LogP contribution is 2.48. The molecule has 1 heterocycles. The topological polar surface area (TPSA) is 42.0 Å². The summed E-state index contributed by atoms with van der Waals surface area (Å²) in [5.41, 5.74) is 2.74. The molecule has 0 saturated heterocycles. The van der Waals surface area contributed by atoms with Crippen LogP contribution in [-0.4, -0.2) is 39.2 Å². The highest BCUT2D eigenvalue weighted by atomic mass is 16.5. The predicted molar refractivity (Wildman–Crippen MR) is 113 cm³/mol. The molecule has 0 saturated carbocycles. The molecule has 1 amide bonds. The first-order valence-electron chi connectivity index (χ1n) is 9.44. The summed E-state index contributed by atoms with van der Waals surface area (Å²) < 4.78 is 10.7. The number of likely N-dealkylation sites (N-methyl/N-ethyl adjacent to an activating group) is 1. The molecule has 0 unspecified atom stereocenters. The summed E-state index contributed by atoms with van der Waals surface area (Å²) in [7, 11) is 6.98. The van der Waals surface area contributed by atoms with E-state index in [1.165, 1.54) is 0 Å². The van der Waals surface area contributed by atoms with Crippen molar-refractivity contribution in [1.29, 1.82) is 0 Å². The Kier molecular flexibility index (Phi) is 4.66. The monoisotopic (exact) mass is 388 g/mol. The van der Waals surface area contributed by atoms with Crippen LogP contribution in [0, 0.1) is 0 Å². The smallest absolute Gasteiger partial charge is 0.260 e. The van der Waals surface area contributed by atoms with Gasteiger partial charge < -0.3 is 9.47 Å². The first-order chi connectivity index (χ1) is 14.0. The van der Waals surface area contributed by atoms with Gasteiger partial charge in [0.1, 0.15) is 16.9 Å². The van der Waals surface area contributed by atoms with E-state index < -0.39 is 5.41 Å². The first kappa shape index (κ1) is 18.9. The minimum atomic E-state index is -0.976. The molecular formula is C24H24N2O3. The average Bonchev–Trinajstić information content (AvgIpc) is 2.79. The number of para-hydroxylation sites is 1. The van der Waals surface area contributed by atoms with Gasteiger partial charge in [0.05, 0.1) is 19.9 Å². The number of carbonyl (C=O) groups excluding carboxylic acids is 1. The Hall–Kier alpha value is -3.47. The fourth-order valence-corrected chi connectivity index (χ4v) is 4.14.